The minimum absolute atomic E-state index is 0.159. The van der Waals surface area contributed by atoms with Gasteiger partial charge in [-0.15, -0.1) is 0 Å². The Morgan fingerprint density at radius 1 is 1.30 bits per heavy atom. The van der Waals surface area contributed by atoms with Crippen molar-refractivity contribution in [1.82, 2.24) is 20.0 Å². The van der Waals surface area contributed by atoms with E-state index in [2.05, 4.69) is 15.1 Å². The van der Waals surface area contributed by atoms with E-state index in [9.17, 15) is 4.79 Å². The number of rotatable bonds is 6. The van der Waals surface area contributed by atoms with E-state index in [0.29, 0.717) is 36.2 Å². The summed E-state index contributed by atoms with van der Waals surface area (Å²) in [5.41, 5.74) is 0.947. The summed E-state index contributed by atoms with van der Waals surface area (Å²) in [5.74, 6) is 1.30. The molecule has 0 unspecified atom stereocenters. The Labute approximate surface area is 159 Å². The molecule has 0 radical (unpaired) electrons. The fraction of sp³-hybridized carbons (Fsp3) is 0.579. The Balaban J connectivity index is 2.11. The summed E-state index contributed by atoms with van der Waals surface area (Å²) in [6, 6.07) is 3.55. The lowest BCUT2D eigenvalue weighted by Gasteiger charge is -2.28. The van der Waals surface area contributed by atoms with Crippen LogP contribution >= 0.6 is 0 Å². The topological polar surface area (TPSA) is 90.6 Å². The summed E-state index contributed by atoms with van der Waals surface area (Å²) in [6.07, 6.45) is 0.0442. The summed E-state index contributed by atoms with van der Waals surface area (Å²) in [4.78, 5) is 22.5. The van der Waals surface area contributed by atoms with Crippen molar-refractivity contribution in [1.29, 1.82) is 0 Å². The SMILES string of the molecule is CCOc1nc(C)ccc1-c1nc(C[C@H](C)N(C)C(=O)OC(C)(C)C)no1. The fourth-order valence-corrected chi connectivity index (χ4v) is 2.30. The fourth-order valence-electron chi connectivity index (χ4n) is 2.30. The van der Waals surface area contributed by atoms with E-state index in [1.54, 1.807) is 7.05 Å². The molecule has 27 heavy (non-hydrogen) atoms. The van der Waals surface area contributed by atoms with Crippen LogP contribution in [0.25, 0.3) is 11.5 Å². The quantitative estimate of drug-likeness (QED) is 0.760. The van der Waals surface area contributed by atoms with Crippen molar-refractivity contribution in [3.05, 3.63) is 23.7 Å². The molecule has 0 N–H and O–H groups in total. The Bertz CT molecular complexity index is 782. The first-order chi connectivity index (χ1) is 12.6. The van der Waals surface area contributed by atoms with Crippen molar-refractivity contribution in [2.24, 2.45) is 0 Å². The maximum atomic E-state index is 12.2. The minimum Gasteiger partial charge on any atom is -0.477 e. The van der Waals surface area contributed by atoms with Gasteiger partial charge in [-0.3, -0.25) is 0 Å². The van der Waals surface area contributed by atoms with Crippen LogP contribution in [-0.4, -0.2) is 51.4 Å². The van der Waals surface area contributed by atoms with Crippen molar-refractivity contribution >= 4 is 6.09 Å². The molecular weight excluding hydrogens is 348 g/mol. The van der Waals surface area contributed by atoms with E-state index in [0.717, 1.165) is 5.69 Å². The molecule has 0 fully saturated rings. The molecule has 2 heterocycles. The number of aromatic nitrogens is 3. The second-order valence-electron chi connectivity index (χ2n) is 7.40. The molecule has 1 atom stereocenters. The molecule has 148 valence electrons. The van der Waals surface area contributed by atoms with Gasteiger partial charge >= 0.3 is 6.09 Å². The molecule has 2 aromatic heterocycles. The number of aryl methyl sites for hydroxylation is 1. The third-order valence-corrected chi connectivity index (χ3v) is 3.80. The van der Waals surface area contributed by atoms with Crippen molar-refractivity contribution in [3.63, 3.8) is 0 Å². The van der Waals surface area contributed by atoms with Crippen LogP contribution in [0.2, 0.25) is 0 Å². The minimum atomic E-state index is -0.543. The molecule has 2 rings (SSSR count). The molecule has 1 amide bonds. The number of hydrogen-bond acceptors (Lipinski definition) is 7. The number of ether oxygens (including phenoxy) is 2. The van der Waals surface area contributed by atoms with Crippen molar-refractivity contribution < 1.29 is 18.8 Å². The molecule has 0 aromatic carbocycles. The van der Waals surface area contributed by atoms with Gasteiger partial charge in [0.2, 0.25) is 5.88 Å². The zero-order valence-corrected chi connectivity index (χ0v) is 17.1. The molecule has 0 saturated carbocycles. The average molecular weight is 376 g/mol. The van der Waals surface area contributed by atoms with Gasteiger partial charge in [-0.25, -0.2) is 9.78 Å². The van der Waals surface area contributed by atoms with Crippen molar-refractivity contribution in [2.45, 2.75) is 59.6 Å². The van der Waals surface area contributed by atoms with Crippen LogP contribution in [0.5, 0.6) is 5.88 Å². The number of amides is 1. The third kappa shape index (κ3) is 5.67. The molecule has 2 aromatic rings. The van der Waals surface area contributed by atoms with Crippen LogP contribution in [0, 0.1) is 6.92 Å². The van der Waals surface area contributed by atoms with E-state index >= 15 is 0 Å². The van der Waals surface area contributed by atoms with Gasteiger partial charge in [0.15, 0.2) is 5.82 Å². The van der Waals surface area contributed by atoms with Gasteiger partial charge in [-0.1, -0.05) is 5.16 Å². The second kappa shape index (κ2) is 8.37. The van der Waals surface area contributed by atoms with Gasteiger partial charge < -0.3 is 18.9 Å². The van der Waals surface area contributed by atoms with E-state index in [1.165, 1.54) is 4.90 Å². The zero-order valence-electron chi connectivity index (χ0n) is 17.1. The summed E-state index contributed by atoms with van der Waals surface area (Å²) in [7, 11) is 1.69. The number of carbonyl (C=O) groups excluding carboxylic acids is 1. The van der Waals surface area contributed by atoms with Gasteiger partial charge in [-0.2, -0.15) is 4.98 Å². The van der Waals surface area contributed by atoms with E-state index in [1.807, 2.05) is 53.7 Å². The smallest absolute Gasteiger partial charge is 0.410 e. The normalized spacial score (nSPS) is 12.6. The van der Waals surface area contributed by atoms with Gasteiger partial charge in [-0.05, 0) is 53.7 Å². The van der Waals surface area contributed by atoms with Gasteiger partial charge in [0.1, 0.15) is 11.2 Å². The van der Waals surface area contributed by atoms with Gasteiger partial charge in [0, 0.05) is 25.2 Å². The predicted octanol–water partition coefficient (Wildman–Crippen LogP) is 3.64. The first-order valence-electron chi connectivity index (χ1n) is 9.00. The van der Waals surface area contributed by atoms with E-state index in [4.69, 9.17) is 14.0 Å². The predicted molar refractivity (Wildman–Crippen MR) is 101 cm³/mol. The van der Waals surface area contributed by atoms with Gasteiger partial charge in [0.25, 0.3) is 5.89 Å². The number of carbonyl (C=O) groups is 1. The summed E-state index contributed by atoms with van der Waals surface area (Å²) in [5, 5.41) is 4.02. The highest BCUT2D eigenvalue weighted by atomic mass is 16.6. The molecule has 0 bridgehead atoms. The second-order valence-corrected chi connectivity index (χ2v) is 7.40. The Morgan fingerprint density at radius 3 is 2.63 bits per heavy atom. The highest BCUT2D eigenvalue weighted by molar-refractivity contribution is 5.68. The van der Waals surface area contributed by atoms with Crippen LogP contribution in [0.3, 0.4) is 0 Å². The summed E-state index contributed by atoms with van der Waals surface area (Å²) in [6.45, 7) is 11.7. The highest BCUT2D eigenvalue weighted by Crippen LogP contribution is 2.27. The van der Waals surface area contributed by atoms with Gasteiger partial charge in [0.05, 0.1) is 6.61 Å². The van der Waals surface area contributed by atoms with Crippen molar-refractivity contribution in [2.75, 3.05) is 13.7 Å². The summed E-state index contributed by atoms with van der Waals surface area (Å²) < 4.78 is 16.3. The monoisotopic (exact) mass is 376 g/mol. The van der Waals surface area contributed by atoms with Crippen LogP contribution in [-0.2, 0) is 11.2 Å². The van der Waals surface area contributed by atoms with E-state index < -0.39 is 5.60 Å². The highest BCUT2D eigenvalue weighted by Gasteiger charge is 2.24. The molecule has 0 saturated heterocycles. The van der Waals surface area contributed by atoms with Crippen LogP contribution < -0.4 is 4.74 Å². The largest absolute Gasteiger partial charge is 0.477 e. The molecule has 0 aliphatic heterocycles. The molecule has 0 spiro atoms. The van der Waals surface area contributed by atoms with Crippen LogP contribution in [0.4, 0.5) is 4.79 Å². The first-order valence-corrected chi connectivity index (χ1v) is 9.00. The first kappa shape index (κ1) is 20.7. The summed E-state index contributed by atoms with van der Waals surface area (Å²) >= 11 is 0. The lowest BCUT2D eigenvalue weighted by Crippen LogP contribution is -2.40. The Hall–Kier alpha value is -2.64. The lowest BCUT2D eigenvalue weighted by molar-refractivity contribution is 0.0234. The standard InChI is InChI=1S/C19H28N4O4/c1-8-25-16-14(10-9-12(2)20-16)17-21-15(22-27-17)11-13(3)23(7)18(24)26-19(4,5)6/h9-10,13H,8,11H2,1-7H3/t13-/m0/s1. The molecule has 8 heteroatoms. The van der Waals surface area contributed by atoms with Crippen LogP contribution in [0.1, 0.15) is 46.1 Å². The third-order valence-electron chi connectivity index (χ3n) is 3.80. The Kier molecular flexibility index (Phi) is 6.41. The van der Waals surface area contributed by atoms with E-state index in [-0.39, 0.29) is 12.1 Å². The van der Waals surface area contributed by atoms with Crippen molar-refractivity contribution in [3.8, 4) is 17.3 Å². The number of pyridine rings is 1. The number of hydrogen-bond donors (Lipinski definition) is 0. The maximum Gasteiger partial charge on any atom is 0.410 e. The zero-order chi connectivity index (χ0) is 20.2. The molecule has 0 aliphatic rings. The molecule has 8 nitrogen and oxygen atoms in total. The Morgan fingerprint density at radius 2 is 2.00 bits per heavy atom. The molecular formula is C19H28N4O4. The maximum absolute atomic E-state index is 12.2. The molecule has 0 aliphatic carbocycles. The van der Waals surface area contributed by atoms with Crippen LogP contribution in [0.15, 0.2) is 16.7 Å². The average Bonchev–Trinajstić information content (AvgIpc) is 3.01. The number of likely N-dealkylation sites (N-methyl/N-ethyl adjacent to an activating group) is 1. The lowest BCUT2D eigenvalue weighted by atomic mass is 10.2. The number of nitrogens with zero attached hydrogens (tertiary/aromatic N) is 4.